The number of carbonyl (C=O) groups excluding carboxylic acids is 14. The number of amides is 14. The quantitative estimate of drug-likeness (QED) is 0.0310. The third kappa shape index (κ3) is 25.4. The Bertz CT molecular complexity index is 4460. The molecule has 4 aromatic carbocycles. The van der Waals surface area contributed by atoms with Crippen LogP contribution in [0.5, 0.6) is 5.75 Å². The smallest absolute Gasteiger partial charge is 0.305 e. The highest BCUT2D eigenvalue weighted by Gasteiger charge is 2.45. The average molecular weight is 1670 g/mol. The molecule has 0 radical (unpaired) electrons. The summed E-state index contributed by atoms with van der Waals surface area (Å²) in [6.45, 7) is 1.96. The second-order valence-electron chi connectivity index (χ2n) is 30.4. The van der Waals surface area contributed by atoms with Gasteiger partial charge in [0.05, 0.1) is 31.9 Å². The zero-order valence-corrected chi connectivity index (χ0v) is 68.9. The first-order valence-corrected chi connectivity index (χ1v) is 40.7. The first kappa shape index (κ1) is 92.4. The van der Waals surface area contributed by atoms with Gasteiger partial charge in [-0.3, -0.25) is 77.3 Å². The molecule has 1 unspecified atom stereocenters. The van der Waals surface area contributed by atoms with Crippen molar-refractivity contribution in [2.75, 3.05) is 92.6 Å². The van der Waals surface area contributed by atoms with Gasteiger partial charge >= 0.3 is 5.97 Å². The van der Waals surface area contributed by atoms with E-state index in [0.717, 1.165) is 49.3 Å². The molecule has 11 atom stereocenters. The maximum absolute atomic E-state index is 15.4. The number of hydrogen-bond acceptors (Lipinski definition) is 19. The van der Waals surface area contributed by atoms with Crippen LogP contribution in [-0.4, -0.2) is 308 Å². The molecule has 642 valence electrons. The van der Waals surface area contributed by atoms with Crippen molar-refractivity contribution in [3.05, 3.63) is 138 Å². The topological polar surface area (TPSA) is 501 Å². The molecule has 14 amide bonds. The number of phenols is 1. The number of likely N-dealkylation sites (N-methyl/N-ethyl adjacent to an activating group) is 5. The average Bonchev–Trinajstić information content (AvgIpc) is 1.70. The van der Waals surface area contributed by atoms with Gasteiger partial charge in [0.1, 0.15) is 72.2 Å². The number of aromatic nitrogens is 1. The third-order valence-electron chi connectivity index (χ3n) is 21.6. The van der Waals surface area contributed by atoms with Crippen LogP contribution in [-0.2, 0) is 97.6 Å². The Morgan fingerprint density at radius 1 is 0.563 bits per heavy atom. The number of carboxylic acids is 1. The molecule has 0 bridgehead atoms. The number of carbonyl (C=O) groups is 15. The Kier molecular flexibility index (Phi) is 34.1. The zero-order valence-electron chi connectivity index (χ0n) is 68.1. The Morgan fingerprint density at radius 2 is 1.12 bits per heavy atom. The molecule has 3 saturated heterocycles. The summed E-state index contributed by atoms with van der Waals surface area (Å²) >= 11 is 1.15. The van der Waals surface area contributed by atoms with Gasteiger partial charge in [-0.2, -0.15) is 11.8 Å². The van der Waals surface area contributed by atoms with E-state index in [2.05, 4.69) is 47.5 Å². The van der Waals surface area contributed by atoms with Crippen molar-refractivity contribution in [2.24, 2.45) is 11.7 Å². The number of para-hydroxylation sites is 1. The molecule has 3 aliphatic rings. The normalized spacial score (nSPS) is 24.2. The summed E-state index contributed by atoms with van der Waals surface area (Å²) in [4.78, 5) is 228. The van der Waals surface area contributed by atoms with Crippen LogP contribution >= 0.6 is 11.8 Å². The van der Waals surface area contributed by atoms with Crippen LogP contribution in [0.2, 0.25) is 0 Å². The van der Waals surface area contributed by atoms with E-state index in [1.54, 1.807) is 79.0 Å². The number of nitrogens with one attached hydrogen (secondary N) is 10. The van der Waals surface area contributed by atoms with E-state index >= 15 is 24.0 Å². The minimum atomic E-state index is -1.89. The molecule has 15 N–H and O–H groups in total. The molecule has 37 heteroatoms. The van der Waals surface area contributed by atoms with Crippen LogP contribution in [0.3, 0.4) is 0 Å². The molecule has 4 heterocycles. The van der Waals surface area contributed by atoms with Crippen molar-refractivity contribution in [1.29, 1.82) is 5.41 Å². The number of fused-ring (bicyclic) bond motifs is 3. The highest BCUT2D eigenvalue weighted by molar-refractivity contribution is 7.99. The van der Waals surface area contributed by atoms with E-state index in [-0.39, 0.29) is 94.8 Å². The summed E-state index contributed by atoms with van der Waals surface area (Å²) in [5, 5.41) is 60.5. The van der Waals surface area contributed by atoms with E-state index < -0.39 is 193 Å². The fraction of sp³-hybridized carbons (Fsp3) is 0.488. The lowest BCUT2D eigenvalue weighted by Gasteiger charge is -2.35. The summed E-state index contributed by atoms with van der Waals surface area (Å²) in [5.41, 5.74) is 8.68. The van der Waals surface area contributed by atoms with Crippen LogP contribution in [0, 0.1) is 11.3 Å². The van der Waals surface area contributed by atoms with Crippen LogP contribution < -0.4 is 48.3 Å². The summed E-state index contributed by atoms with van der Waals surface area (Å²) in [7, 11) is 6.43. The van der Waals surface area contributed by atoms with Gasteiger partial charge in [-0.25, -0.2) is 0 Å². The van der Waals surface area contributed by atoms with Gasteiger partial charge in [0.25, 0.3) is 0 Å². The van der Waals surface area contributed by atoms with Gasteiger partial charge in [0, 0.05) is 110 Å². The molecule has 0 aliphatic carbocycles. The first-order chi connectivity index (χ1) is 56.7. The Morgan fingerprint density at radius 3 is 1.73 bits per heavy atom. The van der Waals surface area contributed by atoms with Gasteiger partial charge < -0.3 is 103 Å². The maximum atomic E-state index is 15.4. The second-order valence-corrected chi connectivity index (χ2v) is 31.5. The molecule has 1 aromatic heterocycles. The molecule has 3 aliphatic heterocycles. The van der Waals surface area contributed by atoms with Gasteiger partial charge in [-0.1, -0.05) is 105 Å². The third-order valence-corrected chi connectivity index (χ3v) is 22.5. The predicted octanol–water partition coefficient (Wildman–Crippen LogP) is -1.30. The number of aliphatic carboxylic acids is 1. The highest BCUT2D eigenvalue weighted by atomic mass is 32.2. The minimum absolute atomic E-state index is 0.0265. The van der Waals surface area contributed by atoms with E-state index in [0.29, 0.717) is 35.1 Å². The molecule has 36 nitrogen and oxygen atoms in total. The standard InChI is InChI=1S/C82H110N18O18S/c1-48(2)70-81(118)98(8)65(46-101)74(111)88-44-66(103)89-57(26-17-33-86-82(83)84)75(112)96(6)63(39-50-20-11-9-12-21-50)78(115)94(4)45-67(104)90-59(38-52-29-31-54(102)32-30-52)76(113)97(7)64(40-51-22-13-10-14-23-51)80(117)99-35-18-27-61(99)73(110)85-34-37-119-47-68(105)91-60(41-53-43-87-56-25-16-15-24-55(53)56)77(114)100-36-19-28-62(100)79(116)95(5)49(3)71(108)92-58(42-69(106)107)72(109)93-70/h9-16,20-25,29-32,43,48-49,57-65,70,87,101-102H,17-19,26-28,33-42,44-47H2,1-8H3,(H,85,110)(H,88,111)(H,89,103)(H,90,104)(H,91,105)(H,92,108)(H,93,109)(H,106,107)(H4,83,84,86)/t49-,57-,58-,59-,60+,61-,62-,63-,64-,65-,70?/m0/s1. The number of aromatic hydroxyl groups is 1. The number of aliphatic hydroxyl groups is 1. The van der Waals surface area contributed by atoms with Gasteiger partial charge in [0.2, 0.25) is 82.7 Å². The van der Waals surface area contributed by atoms with Gasteiger partial charge in [0.15, 0.2) is 5.96 Å². The number of nitrogens with zero attached hydrogens (tertiary/aromatic N) is 7. The predicted molar refractivity (Wildman–Crippen MR) is 439 cm³/mol. The monoisotopic (exact) mass is 1670 g/mol. The van der Waals surface area contributed by atoms with Crippen molar-refractivity contribution in [2.45, 2.75) is 158 Å². The van der Waals surface area contributed by atoms with E-state index in [1.165, 1.54) is 75.8 Å². The number of hydrogen-bond donors (Lipinski definition) is 14. The number of guanidine groups is 1. The van der Waals surface area contributed by atoms with Gasteiger partial charge in [-0.15, -0.1) is 0 Å². The molecular weight excluding hydrogens is 1560 g/mol. The summed E-state index contributed by atoms with van der Waals surface area (Å²) in [6.07, 6.45) is 1.36. The van der Waals surface area contributed by atoms with E-state index in [1.807, 2.05) is 24.3 Å². The van der Waals surface area contributed by atoms with Crippen LogP contribution in [0.25, 0.3) is 10.9 Å². The number of H-pyrrole nitrogens is 1. The lowest BCUT2D eigenvalue weighted by atomic mass is 10.00. The van der Waals surface area contributed by atoms with Crippen LogP contribution in [0.4, 0.5) is 0 Å². The van der Waals surface area contributed by atoms with Crippen LogP contribution in [0.15, 0.2) is 115 Å². The molecule has 119 heavy (non-hydrogen) atoms. The number of aromatic amines is 1. The van der Waals surface area contributed by atoms with Crippen molar-refractivity contribution in [3.8, 4) is 5.75 Å². The van der Waals surface area contributed by atoms with Crippen LogP contribution in [0.1, 0.15) is 88.0 Å². The Labute approximate surface area is 694 Å². The Hall–Kier alpha value is -12.2. The molecule has 0 saturated carbocycles. The Balaban J connectivity index is 1.10. The number of nitrogens with two attached hydrogens (primary N) is 1. The number of thioether (sulfide) groups is 1. The number of carboxylic acid groups (broad SMARTS) is 1. The maximum Gasteiger partial charge on any atom is 0.305 e. The zero-order chi connectivity index (χ0) is 86.9. The molecule has 8 rings (SSSR count). The number of phenolic OH excluding ortho intramolecular Hbond substituents is 1. The molecular formula is C82H110N18O18S. The summed E-state index contributed by atoms with van der Waals surface area (Å²) in [5.74, 6) is -14.3. The van der Waals surface area contributed by atoms with E-state index in [4.69, 9.17) is 11.1 Å². The number of aliphatic hydroxyl groups excluding tert-OH is 1. The molecule has 5 aromatic rings. The lowest BCUT2D eigenvalue weighted by Crippen LogP contribution is -2.61. The summed E-state index contributed by atoms with van der Waals surface area (Å²) in [6, 6.07) is 14.9. The lowest BCUT2D eigenvalue weighted by molar-refractivity contribution is -0.149. The fourth-order valence-electron chi connectivity index (χ4n) is 14.7. The summed E-state index contributed by atoms with van der Waals surface area (Å²) < 4.78 is 0. The van der Waals surface area contributed by atoms with Crippen molar-refractivity contribution < 1.29 is 87.2 Å². The fourth-order valence-corrected chi connectivity index (χ4v) is 15.4. The van der Waals surface area contributed by atoms with Crippen molar-refractivity contribution >= 4 is 117 Å². The number of benzene rings is 4. The number of rotatable bonds is 16. The first-order valence-electron chi connectivity index (χ1n) is 39.5. The second kappa shape index (κ2) is 43.9. The van der Waals surface area contributed by atoms with Crippen molar-refractivity contribution in [1.82, 2.24) is 81.8 Å². The van der Waals surface area contributed by atoms with E-state index in [9.17, 15) is 63.3 Å². The highest BCUT2D eigenvalue weighted by Crippen LogP contribution is 2.27. The molecule has 0 spiro atoms. The largest absolute Gasteiger partial charge is 0.508 e. The minimum Gasteiger partial charge on any atom is -0.508 e. The SMILES string of the molecule is CC(C)C1NC(=O)[C@H](CC(=O)O)NC(=O)[C@H](C)N(C)C(=O)[C@@H]2CCCN2C(=O)[C@@H](Cc2c[nH]c3ccccc23)NC(=O)CSCCNC(=O)[C@@H]2CCCN2C(=O)[C@H](Cc2ccccc2)N(C)C(=O)[C@H](Cc2ccc(O)cc2)NC(=O)CN(C)C(=O)[C@H](Cc2ccccc2)N(C)C(=O)[C@H](CCCNC(=N)N)NC(=O)CNC(=O)[C@H](CO)N(C)C1=O. The van der Waals surface area contributed by atoms with Gasteiger partial charge in [-0.05, 0) is 91.8 Å². The van der Waals surface area contributed by atoms with Crippen molar-refractivity contribution in [3.63, 3.8) is 0 Å². The molecule has 3 fully saturated rings.